The molecular formula is C13H20BrN. The molecule has 0 bridgehead atoms. The van der Waals surface area contributed by atoms with E-state index >= 15 is 0 Å². The molecule has 1 aromatic rings. The molecule has 0 aliphatic carbocycles. The van der Waals surface area contributed by atoms with E-state index in [1.165, 1.54) is 22.0 Å². The molecule has 0 aliphatic rings. The fraction of sp³-hybridized carbons (Fsp3) is 0.538. The van der Waals surface area contributed by atoms with Crippen molar-refractivity contribution in [2.45, 2.75) is 33.2 Å². The molecule has 0 aliphatic heterocycles. The Bertz CT molecular complexity index is 320. The van der Waals surface area contributed by atoms with Crippen LogP contribution in [0.1, 0.15) is 37.4 Å². The molecule has 1 atom stereocenters. The summed E-state index contributed by atoms with van der Waals surface area (Å²) in [4.78, 5) is 0. The van der Waals surface area contributed by atoms with Gasteiger partial charge in [0.1, 0.15) is 0 Å². The Labute approximate surface area is 101 Å². The smallest absolute Gasteiger partial charge is 0.0320 e. The highest BCUT2D eigenvalue weighted by Crippen LogP contribution is 2.25. The van der Waals surface area contributed by atoms with Gasteiger partial charge in [0.2, 0.25) is 0 Å². The summed E-state index contributed by atoms with van der Waals surface area (Å²) in [7, 11) is 2.03. The number of benzene rings is 1. The summed E-state index contributed by atoms with van der Waals surface area (Å²) >= 11 is 3.58. The van der Waals surface area contributed by atoms with Crippen molar-refractivity contribution in [1.82, 2.24) is 5.32 Å². The van der Waals surface area contributed by atoms with Crippen molar-refractivity contribution < 1.29 is 0 Å². The number of hydrogen-bond acceptors (Lipinski definition) is 1. The quantitative estimate of drug-likeness (QED) is 0.869. The largest absolute Gasteiger partial charge is 0.313 e. The van der Waals surface area contributed by atoms with Crippen LogP contribution in [0.25, 0.3) is 0 Å². The van der Waals surface area contributed by atoms with Crippen molar-refractivity contribution in [1.29, 1.82) is 0 Å². The predicted molar refractivity (Wildman–Crippen MR) is 70.1 cm³/mol. The van der Waals surface area contributed by atoms with Gasteiger partial charge in [0.05, 0.1) is 0 Å². The van der Waals surface area contributed by atoms with Crippen LogP contribution in [0.5, 0.6) is 0 Å². The minimum atomic E-state index is 0.460. The van der Waals surface area contributed by atoms with E-state index in [9.17, 15) is 0 Å². The molecule has 84 valence electrons. The van der Waals surface area contributed by atoms with Gasteiger partial charge in [-0.05, 0) is 43.5 Å². The number of halogens is 1. The van der Waals surface area contributed by atoms with Gasteiger partial charge in [-0.15, -0.1) is 0 Å². The lowest BCUT2D eigenvalue weighted by Gasteiger charge is -2.19. The van der Waals surface area contributed by atoms with E-state index in [2.05, 4.69) is 60.2 Å². The molecule has 0 heterocycles. The van der Waals surface area contributed by atoms with Crippen LogP contribution >= 0.6 is 15.9 Å². The van der Waals surface area contributed by atoms with Gasteiger partial charge < -0.3 is 5.32 Å². The summed E-state index contributed by atoms with van der Waals surface area (Å²) in [5, 5.41) is 3.38. The van der Waals surface area contributed by atoms with E-state index in [0.29, 0.717) is 12.0 Å². The van der Waals surface area contributed by atoms with Gasteiger partial charge in [0.15, 0.2) is 0 Å². The van der Waals surface area contributed by atoms with Crippen LogP contribution in [0.3, 0.4) is 0 Å². The van der Waals surface area contributed by atoms with Crippen LogP contribution < -0.4 is 5.32 Å². The lowest BCUT2D eigenvalue weighted by atomic mass is 9.96. The van der Waals surface area contributed by atoms with Crippen LogP contribution in [0.4, 0.5) is 0 Å². The standard InChI is InChI=1S/C13H20BrN/c1-9(2)7-13(15-4)11-6-5-10(3)12(14)8-11/h5-6,8-9,13,15H,7H2,1-4H3. The third-order valence-electron chi connectivity index (χ3n) is 2.65. The fourth-order valence-electron chi connectivity index (χ4n) is 1.72. The summed E-state index contributed by atoms with van der Waals surface area (Å²) in [5.41, 5.74) is 2.65. The molecule has 0 saturated carbocycles. The Balaban J connectivity index is 2.87. The van der Waals surface area contributed by atoms with E-state index in [1.54, 1.807) is 0 Å². The highest BCUT2D eigenvalue weighted by atomic mass is 79.9. The van der Waals surface area contributed by atoms with Crippen LogP contribution in [0, 0.1) is 12.8 Å². The number of hydrogen-bond donors (Lipinski definition) is 1. The first-order valence-electron chi connectivity index (χ1n) is 5.48. The van der Waals surface area contributed by atoms with Crippen molar-refractivity contribution in [3.8, 4) is 0 Å². The maximum absolute atomic E-state index is 3.58. The maximum atomic E-state index is 3.58. The van der Waals surface area contributed by atoms with Crippen molar-refractivity contribution in [3.63, 3.8) is 0 Å². The Hall–Kier alpha value is -0.340. The van der Waals surface area contributed by atoms with Crippen LogP contribution in [-0.2, 0) is 0 Å². The Kier molecular flexibility index (Phi) is 4.81. The minimum absolute atomic E-state index is 0.460. The highest BCUT2D eigenvalue weighted by Gasteiger charge is 2.11. The molecule has 2 heteroatoms. The number of nitrogens with one attached hydrogen (secondary N) is 1. The van der Waals surface area contributed by atoms with E-state index in [1.807, 2.05) is 7.05 Å². The lowest BCUT2D eigenvalue weighted by Crippen LogP contribution is -2.18. The first-order chi connectivity index (χ1) is 7.04. The molecule has 0 amide bonds. The Morgan fingerprint density at radius 2 is 2.00 bits per heavy atom. The molecule has 1 nitrogen and oxygen atoms in total. The van der Waals surface area contributed by atoms with Crippen molar-refractivity contribution in [2.75, 3.05) is 7.05 Å². The van der Waals surface area contributed by atoms with Gasteiger partial charge >= 0.3 is 0 Å². The van der Waals surface area contributed by atoms with E-state index in [0.717, 1.165) is 0 Å². The van der Waals surface area contributed by atoms with E-state index < -0.39 is 0 Å². The summed E-state index contributed by atoms with van der Waals surface area (Å²) < 4.78 is 1.20. The normalized spacial score (nSPS) is 13.2. The Morgan fingerprint density at radius 3 is 2.47 bits per heavy atom. The minimum Gasteiger partial charge on any atom is -0.313 e. The van der Waals surface area contributed by atoms with Gasteiger partial charge in [0, 0.05) is 10.5 Å². The van der Waals surface area contributed by atoms with Crippen molar-refractivity contribution in [2.24, 2.45) is 5.92 Å². The van der Waals surface area contributed by atoms with Gasteiger partial charge in [-0.2, -0.15) is 0 Å². The predicted octanol–water partition coefficient (Wildman–Crippen LogP) is 4.06. The molecule has 0 fully saturated rings. The number of rotatable bonds is 4. The molecule has 0 saturated heterocycles. The maximum Gasteiger partial charge on any atom is 0.0320 e. The fourth-order valence-corrected chi connectivity index (χ4v) is 2.11. The third kappa shape index (κ3) is 3.62. The molecule has 0 radical (unpaired) electrons. The second-order valence-electron chi connectivity index (χ2n) is 4.48. The second-order valence-corrected chi connectivity index (χ2v) is 5.33. The third-order valence-corrected chi connectivity index (χ3v) is 3.51. The van der Waals surface area contributed by atoms with Crippen LogP contribution in [-0.4, -0.2) is 7.05 Å². The highest BCUT2D eigenvalue weighted by molar-refractivity contribution is 9.10. The molecule has 0 aromatic heterocycles. The zero-order valence-electron chi connectivity index (χ0n) is 9.97. The van der Waals surface area contributed by atoms with Gasteiger partial charge in [-0.3, -0.25) is 0 Å². The molecule has 1 rings (SSSR count). The summed E-state index contributed by atoms with van der Waals surface area (Å²) in [6.45, 7) is 6.63. The summed E-state index contributed by atoms with van der Waals surface area (Å²) in [6, 6.07) is 7.06. The van der Waals surface area contributed by atoms with Gasteiger partial charge in [0.25, 0.3) is 0 Å². The topological polar surface area (TPSA) is 12.0 Å². The van der Waals surface area contributed by atoms with Crippen molar-refractivity contribution >= 4 is 15.9 Å². The molecule has 1 unspecified atom stereocenters. The van der Waals surface area contributed by atoms with Gasteiger partial charge in [-0.1, -0.05) is 41.9 Å². The first kappa shape index (κ1) is 12.7. The van der Waals surface area contributed by atoms with E-state index in [-0.39, 0.29) is 0 Å². The van der Waals surface area contributed by atoms with E-state index in [4.69, 9.17) is 0 Å². The lowest BCUT2D eigenvalue weighted by molar-refractivity contribution is 0.456. The zero-order chi connectivity index (χ0) is 11.4. The van der Waals surface area contributed by atoms with Crippen molar-refractivity contribution in [3.05, 3.63) is 33.8 Å². The molecular weight excluding hydrogens is 250 g/mol. The molecule has 1 aromatic carbocycles. The summed E-state index contributed by atoms with van der Waals surface area (Å²) in [6.07, 6.45) is 1.17. The number of aryl methyl sites for hydroxylation is 1. The van der Waals surface area contributed by atoms with Gasteiger partial charge in [-0.25, -0.2) is 0 Å². The monoisotopic (exact) mass is 269 g/mol. The van der Waals surface area contributed by atoms with Crippen LogP contribution in [0.15, 0.2) is 22.7 Å². The molecule has 0 spiro atoms. The van der Waals surface area contributed by atoms with Crippen LogP contribution in [0.2, 0.25) is 0 Å². The molecule has 15 heavy (non-hydrogen) atoms. The molecule has 1 N–H and O–H groups in total. The average Bonchev–Trinajstić information content (AvgIpc) is 2.18. The Morgan fingerprint density at radius 1 is 1.33 bits per heavy atom. The SMILES string of the molecule is CNC(CC(C)C)c1ccc(C)c(Br)c1. The average molecular weight is 270 g/mol. The summed E-state index contributed by atoms with van der Waals surface area (Å²) in [5.74, 6) is 0.711. The second kappa shape index (κ2) is 5.66. The zero-order valence-corrected chi connectivity index (χ0v) is 11.6. The first-order valence-corrected chi connectivity index (χ1v) is 6.27.